The molecule has 128 valence electrons. The first-order chi connectivity index (χ1) is 11.1. The molecule has 0 aromatic heterocycles. The maximum absolute atomic E-state index is 12.3. The molecule has 0 radical (unpaired) electrons. The molecule has 0 spiro atoms. The molecule has 0 saturated heterocycles. The smallest absolute Gasteiger partial charge is 0.321 e. The Labute approximate surface area is 140 Å². The molecule has 0 fully saturated rings. The summed E-state index contributed by atoms with van der Waals surface area (Å²) in [6, 6.07) is 6.39. The van der Waals surface area contributed by atoms with Crippen molar-refractivity contribution in [2.45, 2.75) is 6.42 Å². The average Bonchev–Trinajstić information content (AvgIpc) is 2.53. The number of ether oxygens (including phenoxy) is 2. The van der Waals surface area contributed by atoms with E-state index < -0.39 is 5.97 Å². The Morgan fingerprint density at radius 3 is 2.74 bits per heavy atom. The fourth-order valence-corrected chi connectivity index (χ4v) is 1.94. The van der Waals surface area contributed by atoms with Gasteiger partial charge in [0, 0.05) is 23.8 Å². The number of esters is 1. The Morgan fingerprint density at radius 2 is 2.09 bits per heavy atom. The Hall–Kier alpha value is -1.83. The standard InChI is InChI=1S/C15H21ClN2O5/c1-22-14(20)5-6-18(7-9-23-10-8-19)15(21)17-13-4-2-3-12(16)11-13/h2-4,11,19H,5-10H2,1H3,(H,17,21). The van der Waals surface area contributed by atoms with E-state index in [4.69, 9.17) is 21.4 Å². The zero-order valence-corrected chi connectivity index (χ0v) is 13.7. The number of carbonyl (C=O) groups is 2. The molecule has 0 unspecified atom stereocenters. The third kappa shape index (κ3) is 7.83. The van der Waals surface area contributed by atoms with Crippen LogP contribution in [-0.4, -0.2) is 62.0 Å². The van der Waals surface area contributed by atoms with Crippen LogP contribution in [-0.2, 0) is 14.3 Å². The van der Waals surface area contributed by atoms with Gasteiger partial charge in [0.2, 0.25) is 0 Å². The van der Waals surface area contributed by atoms with Gasteiger partial charge >= 0.3 is 12.0 Å². The monoisotopic (exact) mass is 344 g/mol. The van der Waals surface area contributed by atoms with Crippen molar-refractivity contribution in [2.75, 3.05) is 45.3 Å². The van der Waals surface area contributed by atoms with Gasteiger partial charge in [0.25, 0.3) is 0 Å². The van der Waals surface area contributed by atoms with Crippen molar-refractivity contribution in [3.63, 3.8) is 0 Å². The molecule has 2 N–H and O–H groups in total. The Morgan fingerprint density at radius 1 is 1.30 bits per heavy atom. The number of nitrogens with zero attached hydrogens (tertiary/aromatic N) is 1. The third-order valence-electron chi connectivity index (χ3n) is 2.92. The van der Waals surface area contributed by atoms with Gasteiger partial charge in [-0.3, -0.25) is 4.79 Å². The van der Waals surface area contributed by atoms with Crippen molar-refractivity contribution in [1.29, 1.82) is 0 Å². The van der Waals surface area contributed by atoms with E-state index in [2.05, 4.69) is 10.1 Å². The number of anilines is 1. The number of aliphatic hydroxyl groups is 1. The van der Waals surface area contributed by atoms with Crippen molar-refractivity contribution in [3.8, 4) is 0 Å². The number of halogens is 1. The topological polar surface area (TPSA) is 88.1 Å². The lowest BCUT2D eigenvalue weighted by Gasteiger charge is -2.22. The number of methoxy groups -OCH3 is 1. The van der Waals surface area contributed by atoms with E-state index in [9.17, 15) is 9.59 Å². The maximum Gasteiger partial charge on any atom is 0.321 e. The number of nitrogens with one attached hydrogen (secondary N) is 1. The van der Waals surface area contributed by atoms with Crippen molar-refractivity contribution >= 4 is 29.3 Å². The van der Waals surface area contributed by atoms with E-state index >= 15 is 0 Å². The zero-order valence-electron chi connectivity index (χ0n) is 13.0. The molecule has 0 heterocycles. The van der Waals surface area contributed by atoms with Gasteiger partial charge in [0.05, 0.1) is 33.4 Å². The first-order valence-corrected chi connectivity index (χ1v) is 7.51. The SMILES string of the molecule is COC(=O)CCN(CCOCCO)C(=O)Nc1cccc(Cl)c1. The van der Waals surface area contributed by atoms with E-state index in [1.165, 1.54) is 12.0 Å². The van der Waals surface area contributed by atoms with Gasteiger partial charge in [-0.2, -0.15) is 0 Å². The summed E-state index contributed by atoms with van der Waals surface area (Å²) in [7, 11) is 1.29. The second-order valence-corrected chi connectivity index (χ2v) is 5.03. The number of aliphatic hydroxyl groups excluding tert-OH is 1. The summed E-state index contributed by atoms with van der Waals surface area (Å²) in [5.74, 6) is -0.401. The lowest BCUT2D eigenvalue weighted by atomic mass is 10.3. The fourth-order valence-electron chi connectivity index (χ4n) is 1.75. The minimum absolute atomic E-state index is 0.0828. The summed E-state index contributed by atoms with van der Waals surface area (Å²) in [5.41, 5.74) is 0.557. The Bertz CT molecular complexity index is 512. The van der Waals surface area contributed by atoms with Crippen LogP contribution < -0.4 is 5.32 Å². The van der Waals surface area contributed by atoms with Crippen molar-refractivity contribution in [2.24, 2.45) is 0 Å². The highest BCUT2D eigenvalue weighted by atomic mass is 35.5. The lowest BCUT2D eigenvalue weighted by molar-refractivity contribution is -0.140. The molecule has 0 saturated carbocycles. The van der Waals surface area contributed by atoms with E-state index in [-0.39, 0.29) is 45.4 Å². The van der Waals surface area contributed by atoms with Crippen molar-refractivity contribution in [1.82, 2.24) is 4.90 Å². The maximum atomic E-state index is 12.3. The van der Waals surface area contributed by atoms with Gasteiger partial charge < -0.3 is 24.8 Å². The Balaban J connectivity index is 2.60. The van der Waals surface area contributed by atoms with Crippen LogP contribution in [0.15, 0.2) is 24.3 Å². The average molecular weight is 345 g/mol. The molecule has 23 heavy (non-hydrogen) atoms. The normalized spacial score (nSPS) is 10.2. The molecule has 7 nitrogen and oxygen atoms in total. The summed E-state index contributed by atoms with van der Waals surface area (Å²) < 4.78 is 9.74. The van der Waals surface area contributed by atoms with Crippen LogP contribution in [0.25, 0.3) is 0 Å². The van der Waals surface area contributed by atoms with E-state index in [0.717, 1.165) is 0 Å². The largest absolute Gasteiger partial charge is 0.469 e. The highest BCUT2D eigenvalue weighted by Gasteiger charge is 2.15. The molecule has 0 atom stereocenters. The van der Waals surface area contributed by atoms with Crippen LogP contribution in [0.2, 0.25) is 5.02 Å². The van der Waals surface area contributed by atoms with Gasteiger partial charge in [-0.15, -0.1) is 0 Å². The van der Waals surface area contributed by atoms with Crippen LogP contribution in [0.3, 0.4) is 0 Å². The molecule has 8 heteroatoms. The third-order valence-corrected chi connectivity index (χ3v) is 3.15. The number of hydrogen-bond acceptors (Lipinski definition) is 5. The van der Waals surface area contributed by atoms with Crippen molar-refractivity contribution in [3.05, 3.63) is 29.3 Å². The fraction of sp³-hybridized carbons (Fsp3) is 0.467. The first kappa shape index (κ1) is 19.2. The molecule has 1 aromatic rings. The number of carbonyl (C=O) groups excluding carboxylic acids is 2. The molecular weight excluding hydrogens is 324 g/mol. The number of rotatable bonds is 9. The molecule has 2 amide bonds. The predicted molar refractivity (Wildman–Crippen MR) is 86.6 cm³/mol. The summed E-state index contributed by atoms with van der Waals surface area (Å²) in [6.45, 7) is 0.841. The zero-order chi connectivity index (χ0) is 17.1. The highest BCUT2D eigenvalue weighted by Crippen LogP contribution is 2.15. The lowest BCUT2D eigenvalue weighted by Crippen LogP contribution is -2.39. The predicted octanol–water partition coefficient (Wildman–Crippen LogP) is 1.75. The van der Waals surface area contributed by atoms with E-state index in [0.29, 0.717) is 10.7 Å². The van der Waals surface area contributed by atoms with Crippen LogP contribution in [0, 0.1) is 0 Å². The molecule has 0 bridgehead atoms. The molecule has 1 aromatic carbocycles. The quantitative estimate of drug-likeness (QED) is 0.526. The van der Waals surface area contributed by atoms with Crippen LogP contribution in [0.1, 0.15) is 6.42 Å². The van der Waals surface area contributed by atoms with E-state index in [1.807, 2.05) is 0 Å². The Kier molecular flexibility index (Phi) is 9.04. The van der Waals surface area contributed by atoms with Gasteiger partial charge in [0.1, 0.15) is 0 Å². The summed E-state index contributed by atoms with van der Waals surface area (Å²) in [4.78, 5) is 25.0. The second-order valence-electron chi connectivity index (χ2n) is 4.59. The summed E-state index contributed by atoms with van der Waals surface area (Å²) in [5, 5.41) is 11.9. The molecule has 1 rings (SSSR count). The van der Waals surface area contributed by atoms with Crippen LogP contribution in [0.4, 0.5) is 10.5 Å². The van der Waals surface area contributed by atoms with Crippen molar-refractivity contribution < 1.29 is 24.2 Å². The number of benzene rings is 1. The summed E-state index contributed by atoms with van der Waals surface area (Å²) >= 11 is 5.88. The first-order valence-electron chi connectivity index (χ1n) is 7.13. The number of hydrogen-bond donors (Lipinski definition) is 2. The number of urea groups is 1. The van der Waals surface area contributed by atoms with Crippen LogP contribution in [0.5, 0.6) is 0 Å². The minimum atomic E-state index is -0.401. The second kappa shape index (κ2) is 10.8. The summed E-state index contributed by atoms with van der Waals surface area (Å²) in [6.07, 6.45) is 0.0828. The van der Waals surface area contributed by atoms with Crippen LogP contribution >= 0.6 is 11.6 Å². The number of amides is 2. The van der Waals surface area contributed by atoms with Gasteiger partial charge in [-0.1, -0.05) is 17.7 Å². The van der Waals surface area contributed by atoms with Gasteiger partial charge in [0.15, 0.2) is 0 Å². The minimum Gasteiger partial charge on any atom is -0.469 e. The molecule has 0 aliphatic carbocycles. The molecule has 0 aliphatic heterocycles. The van der Waals surface area contributed by atoms with E-state index in [1.54, 1.807) is 24.3 Å². The highest BCUT2D eigenvalue weighted by molar-refractivity contribution is 6.30. The molecule has 0 aliphatic rings. The molecular formula is C15H21ClN2O5. The van der Waals surface area contributed by atoms with Gasteiger partial charge in [-0.25, -0.2) is 4.79 Å². The van der Waals surface area contributed by atoms with Gasteiger partial charge in [-0.05, 0) is 18.2 Å².